The first-order valence-corrected chi connectivity index (χ1v) is 7.47. The van der Waals surface area contributed by atoms with E-state index in [1.54, 1.807) is 11.4 Å². The number of amides is 1. The molecule has 4 nitrogen and oxygen atoms in total. The Morgan fingerprint density at radius 2 is 2.25 bits per heavy atom. The van der Waals surface area contributed by atoms with Crippen molar-refractivity contribution in [2.75, 3.05) is 13.2 Å². The smallest absolute Gasteiger partial charge is 0.270 e. The van der Waals surface area contributed by atoms with E-state index >= 15 is 0 Å². The fourth-order valence-corrected chi connectivity index (χ4v) is 2.68. The Morgan fingerprint density at radius 3 is 2.95 bits per heavy atom. The van der Waals surface area contributed by atoms with Crippen LogP contribution in [0.25, 0.3) is 10.6 Å². The summed E-state index contributed by atoms with van der Waals surface area (Å²) < 4.78 is 0. The van der Waals surface area contributed by atoms with Gasteiger partial charge in [0.05, 0.1) is 5.02 Å². The summed E-state index contributed by atoms with van der Waals surface area (Å²) in [6.45, 7) is 2.33. The van der Waals surface area contributed by atoms with Crippen LogP contribution < -0.4 is 5.32 Å². The molecule has 1 aromatic heterocycles. The third-order valence-electron chi connectivity index (χ3n) is 2.76. The topological polar surface area (TPSA) is 62.2 Å². The first-order valence-electron chi connectivity index (χ1n) is 6.21. The van der Waals surface area contributed by atoms with Crippen LogP contribution in [0.1, 0.15) is 17.4 Å². The number of rotatable bonds is 5. The second kappa shape index (κ2) is 6.83. The highest BCUT2D eigenvalue weighted by molar-refractivity contribution is 7.13. The number of aliphatic hydroxyl groups is 1. The maximum Gasteiger partial charge on any atom is 0.270 e. The maximum absolute atomic E-state index is 11.9. The van der Waals surface area contributed by atoms with Gasteiger partial charge >= 0.3 is 0 Å². The Bertz CT molecular complexity index is 600. The number of thiazole rings is 1. The summed E-state index contributed by atoms with van der Waals surface area (Å²) in [4.78, 5) is 16.2. The molecule has 1 aromatic carbocycles. The van der Waals surface area contributed by atoms with Crippen LogP contribution in [0.2, 0.25) is 5.02 Å². The molecule has 0 saturated carbocycles. The summed E-state index contributed by atoms with van der Waals surface area (Å²) in [7, 11) is 0. The number of aromatic nitrogens is 1. The lowest BCUT2D eigenvalue weighted by Gasteiger charge is -2.07. The fraction of sp³-hybridized carbons (Fsp3) is 0.286. The van der Waals surface area contributed by atoms with Crippen molar-refractivity contribution >= 4 is 28.8 Å². The van der Waals surface area contributed by atoms with Crippen LogP contribution in [-0.4, -0.2) is 29.1 Å². The summed E-state index contributed by atoms with van der Waals surface area (Å²) in [6, 6.07) is 7.40. The van der Waals surface area contributed by atoms with Crippen LogP contribution in [0.3, 0.4) is 0 Å². The first kappa shape index (κ1) is 15.0. The number of carbonyl (C=O) groups excluding carboxylic acids is 1. The molecule has 2 N–H and O–H groups in total. The van der Waals surface area contributed by atoms with Crippen molar-refractivity contribution in [3.8, 4) is 10.6 Å². The second-order valence-electron chi connectivity index (χ2n) is 4.52. The van der Waals surface area contributed by atoms with Gasteiger partial charge in [-0.1, -0.05) is 36.7 Å². The van der Waals surface area contributed by atoms with Gasteiger partial charge in [0, 0.05) is 24.1 Å². The van der Waals surface area contributed by atoms with E-state index in [1.165, 1.54) is 11.3 Å². The zero-order valence-electron chi connectivity index (χ0n) is 11.0. The molecule has 0 aliphatic rings. The number of halogens is 1. The van der Waals surface area contributed by atoms with Crippen LogP contribution in [0.5, 0.6) is 0 Å². The molecule has 0 bridgehead atoms. The average molecular weight is 311 g/mol. The second-order valence-corrected chi connectivity index (χ2v) is 5.78. The largest absolute Gasteiger partial charge is 0.396 e. The van der Waals surface area contributed by atoms with E-state index in [1.807, 2.05) is 25.1 Å². The Morgan fingerprint density at radius 1 is 1.50 bits per heavy atom. The Labute approximate surface area is 126 Å². The summed E-state index contributed by atoms with van der Waals surface area (Å²) in [6.07, 6.45) is 0. The van der Waals surface area contributed by atoms with E-state index in [0.29, 0.717) is 17.3 Å². The van der Waals surface area contributed by atoms with Crippen LogP contribution in [-0.2, 0) is 0 Å². The van der Waals surface area contributed by atoms with Crippen LogP contribution in [0.4, 0.5) is 0 Å². The normalized spacial score (nSPS) is 12.2. The molecule has 20 heavy (non-hydrogen) atoms. The van der Waals surface area contributed by atoms with Gasteiger partial charge in [-0.25, -0.2) is 4.98 Å². The van der Waals surface area contributed by atoms with E-state index < -0.39 is 0 Å². The standard InChI is InChI=1S/C14H15ClN2O2S/c1-9(7-18)6-16-13(19)12-8-20-14(17-12)10-4-2-3-5-11(10)15/h2-5,8-9,18H,6-7H2,1H3,(H,16,19). The predicted octanol–water partition coefficient (Wildman–Crippen LogP) is 2.82. The number of hydrogen-bond acceptors (Lipinski definition) is 4. The molecule has 106 valence electrons. The molecule has 0 saturated heterocycles. The van der Waals surface area contributed by atoms with E-state index in [-0.39, 0.29) is 18.4 Å². The predicted molar refractivity (Wildman–Crippen MR) is 81.1 cm³/mol. The van der Waals surface area contributed by atoms with Gasteiger partial charge in [0.25, 0.3) is 5.91 Å². The van der Waals surface area contributed by atoms with Crippen molar-refractivity contribution in [2.45, 2.75) is 6.92 Å². The number of hydrogen-bond donors (Lipinski definition) is 2. The summed E-state index contributed by atoms with van der Waals surface area (Å²) in [5.74, 6) is -0.208. The lowest BCUT2D eigenvalue weighted by Crippen LogP contribution is -2.29. The van der Waals surface area contributed by atoms with E-state index in [9.17, 15) is 4.79 Å². The molecular weight excluding hydrogens is 296 g/mol. The van der Waals surface area contributed by atoms with Gasteiger partial charge < -0.3 is 10.4 Å². The average Bonchev–Trinajstić information content (AvgIpc) is 2.94. The van der Waals surface area contributed by atoms with Gasteiger partial charge in [0.2, 0.25) is 0 Å². The molecule has 2 rings (SSSR count). The quantitative estimate of drug-likeness (QED) is 0.892. The van der Waals surface area contributed by atoms with Crippen LogP contribution in [0, 0.1) is 5.92 Å². The van der Waals surface area contributed by atoms with E-state index in [0.717, 1.165) is 10.6 Å². The minimum absolute atomic E-state index is 0.0284. The molecule has 2 aromatic rings. The molecule has 1 heterocycles. The molecule has 1 atom stereocenters. The summed E-state index contributed by atoms with van der Waals surface area (Å²) >= 11 is 7.49. The van der Waals surface area contributed by atoms with E-state index in [2.05, 4.69) is 10.3 Å². The summed E-state index contributed by atoms with van der Waals surface area (Å²) in [5.41, 5.74) is 1.19. The molecule has 1 amide bonds. The van der Waals surface area contributed by atoms with E-state index in [4.69, 9.17) is 16.7 Å². The highest BCUT2D eigenvalue weighted by Gasteiger charge is 2.13. The van der Waals surface area contributed by atoms with Gasteiger partial charge in [-0.15, -0.1) is 11.3 Å². The zero-order chi connectivity index (χ0) is 14.5. The molecule has 0 aliphatic heterocycles. The van der Waals surface area contributed by atoms with Gasteiger partial charge in [0.15, 0.2) is 0 Å². The van der Waals surface area contributed by atoms with Gasteiger partial charge in [-0.3, -0.25) is 4.79 Å². The summed E-state index contributed by atoms with van der Waals surface area (Å²) in [5, 5.41) is 14.7. The fourth-order valence-electron chi connectivity index (χ4n) is 1.56. The highest BCUT2D eigenvalue weighted by Crippen LogP contribution is 2.29. The number of aliphatic hydroxyl groups excluding tert-OH is 1. The molecule has 0 fully saturated rings. The first-order chi connectivity index (χ1) is 9.61. The monoisotopic (exact) mass is 310 g/mol. The van der Waals surface area contributed by atoms with Crippen molar-refractivity contribution in [3.05, 3.63) is 40.4 Å². The molecule has 1 unspecified atom stereocenters. The number of benzene rings is 1. The maximum atomic E-state index is 11.9. The SMILES string of the molecule is CC(CO)CNC(=O)c1csc(-c2ccccc2Cl)n1. The van der Waals surface area contributed by atoms with Gasteiger partial charge in [-0.05, 0) is 12.0 Å². The van der Waals surface area contributed by atoms with Gasteiger partial charge in [-0.2, -0.15) is 0 Å². The van der Waals surface area contributed by atoms with Crippen LogP contribution in [0.15, 0.2) is 29.6 Å². The third-order valence-corrected chi connectivity index (χ3v) is 3.97. The lowest BCUT2D eigenvalue weighted by atomic mass is 10.2. The van der Waals surface area contributed by atoms with Crippen molar-refractivity contribution in [2.24, 2.45) is 5.92 Å². The third kappa shape index (κ3) is 3.56. The Hall–Kier alpha value is -1.43. The van der Waals surface area contributed by atoms with Crippen molar-refractivity contribution < 1.29 is 9.90 Å². The zero-order valence-corrected chi connectivity index (χ0v) is 12.5. The molecule has 6 heteroatoms. The number of carbonyl (C=O) groups is 1. The van der Waals surface area contributed by atoms with Crippen molar-refractivity contribution in [1.29, 1.82) is 0 Å². The number of nitrogens with zero attached hydrogens (tertiary/aromatic N) is 1. The Balaban J connectivity index is 2.09. The van der Waals surface area contributed by atoms with Crippen LogP contribution >= 0.6 is 22.9 Å². The van der Waals surface area contributed by atoms with Crippen molar-refractivity contribution in [1.82, 2.24) is 10.3 Å². The number of nitrogens with one attached hydrogen (secondary N) is 1. The minimum atomic E-state index is -0.236. The minimum Gasteiger partial charge on any atom is -0.396 e. The molecule has 0 radical (unpaired) electrons. The lowest BCUT2D eigenvalue weighted by molar-refractivity contribution is 0.0938. The highest BCUT2D eigenvalue weighted by atomic mass is 35.5. The Kier molecular flexibility index (Phi) is 5.11. The van der Waals surface area contributed by atoms with Crippen molar-refractivity contribution in [3.63, 3.8) is 0 Å². The molecule has 0 aliphatic carbocycles. The molecule has 0 spiro atoms. The van der Waals surface area contributed by atoms with Gasteiger partial charge in [0.1, 0.15) is 10.7 Å². The molecular formula is C14H15ClN2O2S.